The number of hydrogen-bond donors (Lipinski definition) is 0. The molecule has 162 valence electrons. The first-order valence-electron chi connectivity index (χ1n) is 9.24. The third kappa shape index (κ3) is 6.47. The van der Waals surface area contributed by atoms with E-state index in [-0.39, 0.29) is 24.9 Å². The third-order valence-electron chi connectivity index (χ3n) is 4.28. The predicted molar refractivity (Wildman–Crippen MR) is 126 cm³/mol. The summed E-state index contributed by atoms with van der Waals surface area (Å²) in [5, 5.41) is 1.31. The van der Waals surface area contributed by atoms with Gasteiger partial charge in [0.2, 0.25) is 0 Å². The van der Waals surface area contributed by atoms with Crippen LogP contribution in [-0.4, -0.2) is 56.7 Å². The number of methoxy groups -OCH3 is 1. The number of anilines is 1. The second-order valence-corrected chi connectivity index (χ2v) is 8.22. The van der Waals surface area contributed by atoms with E-state index in [0.29, 0.717) is 22.4 Å². The summed E-state index contributed by atoms with van der Waals surface area (Å²) >= 11 is 7.55. The molecule has 0 aliphatic heterocycles. The van der Waals surface area contributed by atoms with Crippen molar-refractivity contribution in [2.24, 2.45) is 0 Å². The molecule has 0 fully saturated rings. The molecular formula is C21H25Cl2N3O3S. The quantitative estimate of drug-likeness (QED) is 0.452. The first-order chi connectivity index (χ1) is 14.0. The monoisotopic (exact) mass is 469 g/mol. The van der Waals surface area contributed by atoms with E-state index in [1.54, 1.807) is 42.3 Å². The van der Waals surface area contributed by atoms with Crippen LogP contribution in [0.25, 0.3) is 10.2 Å². The van der Waals surface area contributed by atoms with Crippen LogP contribution in [0.15, 0.2) is 42.5 Å². The van der Waals surface area contributed by atoms with Crippen molar-refractivity contribution in [3.8, 4) is 11.5 Å². The molecule has 0 N–H and O–H groups in total. The molecule has 2 aromatic carbocycles. The molecule has 1 amide bonds. The number of fused-ring (bicyclic) bond motifs is 1. The Morgan fingerprint density at radius 3 is 2.47 bits per heavy atom. The fourth-order valence-corrected chi connectivity index (χ4v) is 4.05. The Balaban J connectivity index is 0.00000320. The van der Waals surface area contributed by atoms with Gasteiger partial charge in [-0.3, -0.25) is 9.69 Å². The summed E-state index contributed by atoms with van der Waals surface area (Å²) in [4.78, 5) is 21.4. The number of carbonyl (C=O) groups is 1. The number of benzene rings is 2. The number of amides is 1. The van der Waals surface area contributed by atoms with E-state index >= 15 is 0 Å². The normalized spacial score (nSPS) is 10.7. The SMILES string of the molecule is COc1ccc(OCC(=O)N(CCCN(C)C)c2nc3ccc(Cl)cc3s2)cc1.Cl. The van der Waals surface area contributed by atoms with Crippen LogP contribution in [0.2, 0.25) is 5.02 Å². The lowest BCUT2D eigenvalue weighted by molar-refractivity contribution is -0.120. The molecule has 0 radical (unpaired) electrons. The Morgan fingerprint density at radius 1 is 1.10 bits per heavy atom. The number of aromatic nitrogens is 1. The average Bonchev–Trinajstić information content (AvgIpc) is 3.12. The fourth-order valence-electron chi connectivity index (χ4n) is 2.77. The van der Waals surface area contributed by atoms with E-state index in [1.807, 2.05) is 26.2 Å². The highest BCUT2D eigenvalue weighted by Gasteiger charge is 2.20. The van der Waals surface area contributed by atoms with E-state index < -0.39 is 0 Å². The lowest BCUT2D eigenvalue weighted by Crippen LogP contribution is -2.36. The predicted octanol–water partition coefficient (Wildman–Crippen LogP) is 4.74. The second-order valence-electron chi connectivity index (χ2n) is 6.77. The molecule has 0 saturated carbocycles. The van der Waals surface area contributed by atoms with Crippen molar-refractivity contribution in [1.82, 2.24) is 9.88 Å². The van der Waals surface area contributed by atoms with E-state index in [9.17, 15) is 4.79 Å². The van der Waals surface area contributed by atoms with Gasteiger partial charge < -0.3 is 14.4 Å². The molecule has 6 nitrogen and oxygen atoms in total. The molecule has 0 spiro atoms. The Hall–Kier alpha value is -2.06. The van der Waals surface area contributed by atoms with Crippen molar-refractivity contribution >= 4 is 56.6 Å². The summed E-state index contributed by atoms with van der Waals surface area (Å²) in [6.45, 7) is 1.38. The van der Waals surface area contributed by atoms with Crippen molar-refractivity contribution < 1.29 is 14.3 Å². The molecule has 0 saturated heterocycles. The average molecular weight is 470 g/mol. The maximum Gasteiger partial charge on any atom is 0.266 e. The highest BCUT2D eigenvalue weighted by atomic mass is 35.5. The van der Waals surface area contributed by atoms with Gasteiger partial charge in [0.15, 0.2) is 11.7 Å². The standard InChI is InChI=1S/C21H24ClN3O3S.ClH/c1-24(2)11-4-12-25(21-23-18-10-5-15(22)13-19(18)29-21)20(26)14-28-17-8-6-16(27-3)7-9-17;/h5-10,13H,4,11-12,14H2,1-3H3;1H. The van der Waals surface area contributed by atoms with E-state index in [2.05, 4.69) is 9.88 Å². The number of carbonyl (C=O) groups excluding carboxylic acids is 1. The lowest BCUT2D eigenvalue weighted by Gasteiger charge is -2.21. The smallest absolute Gasteiger partial charge is 0.266 e. The molecule has 0 atom stereocenters. The van der Waals surface area contributed by atoms with E-state index in [1.165, 1.54) is 11.3 Å². The van der Waals surface area contributed by atoms with Crippen LogP contribution in [0.1, 0.15) is 6.42 Å². The lowest BCUT2D eigenvalue weighted by atomic mass is 10.3. The molecule has 30 heavy (non-hydrogen) atoms. The van der Waals surface area contributed by atoms with Crippen molar-refractivity contribution in [3.63, 3.8) is 0 Å². The molecule has 0 aliphatic rings. The summed E-state index contributed by atoms with van der Waals surface area (Å²) in [5.41, 5.74) is 0.830. The highest BCUT2D eigenvalue weighted by molar-refractivity contribution is 7.22. The van der Waals surface area contributed by atoms with Crippen LogP contribution in [0.3, 0.4) is 0 Å². The Bertz CT molecular complexity index is 964. The zero-order valence-corrected chi connectivity index (χ0v) is 19.5. The van der Waals surface area contributed by atoms with Gasteiger partial charge in [-0.2, -0.15) is 0 Å². The molecule has 1 heterocycles. The number of rotatable bonds is 9. The molecule has 3 aromatic rings. The maximum atomic E-state index is 13.0. The molecule has 0 unspecified atom stereocenters. The van der Waals surface area contributed by atoms with Crippen molar-refractivity contribution in [1.29, 1.82) is 0 Å². The maximum absolute atomic E-state index is 13.0. The van der Waals surface area contributed by atoms with Gasteiger partial charge in [-0.25, -0.2) is 4.98 Å². The minimum atomic E-state index is -0.135. The highest BCUT2D eigenvalue weighted by Crippen LogP contribution is 2.31. The molecule has 9 heteroatoms. The molecular weight excluding hydrogens is 445 g/mol. The first-order valence-corrected chi connectivity index (χ1v) is 10.4. The Morgan fingerprint density at radius 2 is 1.80 bits per heavy atom. The number of hydrogen-bond acceptors (Lipinski definition) is 6. The largest absolute Gasteiger partial charge is 0.497 e. The van der Waals surface area contributed by atoms with Gasteiger partial charge in [0.05, 0.1) is 17.3 Å². The van der Waals surface area contributed by atoms with Crippen molar-refractivity contribution in [2.75, 3.05) is 45.8 Å². The van der Waals surface area contributed by atoms with Crippen LogP contribution in [0.4, 0.5) is 5.13 Å². The van der Waals surface area contributed by atoms with E-state index in [4.69, 9.17) is 21.1 Å². The number of nitrogens with zero attached hydrogens (tertiary/aromatic N) is 3. The van der Waals surface area contributed by atoms with Crippen molar-refractivity contribution in [3.05, 3.63) is 47.5 Å². The van der Waals surface area contributed by atoms with Gasteiger partial charge in [-0.1, -0.05) is 22.9 Å². The van der Waals surface area contributed by atoms with E-state index in [0.717, 1.165) is 28.9 Å². The summed E-state index contributed by atoms with van der Waals surface area (Å²) in [5.74, 6) is 1.22. The van der Waals surface area contributed by atoms with Crippen LogP contribution < -0.4 is 14.4 Å². The van der Waals surface area contributed by atoms with Crippen molar-refractivity contribution in [2.45, 2.75) is 6.42 Å². The summed E-state index contributed by atoms with van der Waals surface area (Å²) in [7, 11) is 5.63. The molecule has 0 bridgehead atoms. The van der Waals surface area contributed by atoms with Crippen LogP contribution in [-0.2, 0) is 4.79 Å². The van der Waals surface area contributed by atoms with Gasteiger partial charge in [-0.15, -0.1) is 12.4 Å². The van der Waals surface area contributed by atoms with Gasteiger partial charge in [0.25, 0.3) is 5.91 Å². The van der Waals surface area contributed by atoms with Gasteiger partial charge in [0.1, 0.15) is 11.5 Å². The minimum absolute atomic E-state index is 0. The first kappa shape index (κ1) is 24.2. The third-order valence-corrected chi connectivity index (χ3v) is 5.56. The summed E-state index contributed by atoms with van der Waals surface area (Å²) < 4.78 is 11.8. The minimum Gasteiger partial charge on any atom is -0.497 e. The zero-order valence-electron chi connectivity index (χ0n) is 17.1. The zero-order chi connectivity index (χ0) is 20.8. The van der Waals surface area contributed by atoms with Gasteiger partial charge in [0, 0.05) is 11.6 Å². The Kier molecular flexibility index (Phi) is 9.17. The second kappa shape index (κ2) is 11.4. The fraction of sp³-hybridized carbons (Fsp3) is 0.333. The molecule has 1 aromatic heterocycles. The summed E-state index contributed by atoms with van der Waals surface area (Å²) in [6.07, 6.45) is 0.831. The number of thiazole rings is 1. The van der Waals surface area contributed by atoms with Crippen LogP contribution in [0, 0.1) is 0 Å². The number of halogens is 2. The molecule has 0 aliphatic carbocycles. The summed E-state index contributed by atoms with van der Waals surface area (Å²) in [6, 6.07) is 12.7. The Labute approximate surface area is 191 Å². The molecule has 3 rings (SSSR count). The number of ether oxygens (including phenoxy) is 2. The topological polar surface area (TPSA) is 54.9 Å². The van der Waals surface area contributed by atoms with Crippen LogP contribution in [0.5, 0.6) is 11.5 Å². The van der Waals surface area contributed by atoms with Crippen LogP contribution >= 0.6 is 35.3 Å². The van der Waals surface area contributed by atoms with Gasteiger partial charge >= 0.3 is 0 Å². The van der Waals surface area contributed by atoms with Gasteiger partial charge in [-0.05, 0) is 69.5 Å².